The molecule has 2 aliphatic heterocycles. The van der Waals surface area contributed by atoms with E-state index < -0.39 is 0 Å². The molecule has 22 heavy (non-hydrogen) atoms. The van der Waals surface area contributed by atoms with Crippen molar-refractivity contribution in [3.05, 3.63) is 29.3 Å². The van der Waals surface area contributed by atoms with Crippen LogP contribution in [0.4, 0.5) is 0 Å². The molecule has 0 bridgehead atoms. The predicted octanol–water partition coefficient (Wildman–Crippen LogP) is 2.45. The number of benzene rings is 1. The van der Waals surface area contributed by atoms with E-state index >= 15 is 0 Å². The molecule has 0 spiro atoms. The average Bonchev–Trinajstić information content (AvgIpc) is 3.04. The number of rotatable bonds is 6. The van der Waals surface area contributed by atoms with Gasteiger partial charge in [-0.2, -0.15) is 0 Å². The molecule has 0 saturated carbocycles. The molecule has 1 saturated heterocycles. The third-order valence-corrected chi connectivity index (χ3v) is 5.14. The van der Waals surface area contributed by atoms with Gasteiger partial charge in [-0.3, -0.25) is 0 Å². The SMILES string of the molecule is CCC(NCC1(CO)CCOCC1)c1ccc2c(c1)CCO2. The Morgan fingerprint density at radius 3 is 2.82 bits per heavy atom. The highest BCUT2D eigenvalue weighted by molar-refractivity contribution is 5.40. The smallest absolute Gasteiger partial charge is 0.122 e. The molecule has 0 aromatic heterocycles. The third-order valence-electron chi connectivity index (χ3n) is 5.14. The molecule has 3 rings (SSSR count). The largest absolute Gasteiger partial charge is 0.493 e. The Bertz CT molecular complexity index is 497. The van der Waals surface area contributed by atoms with Gasteiger partial charge in [0.25, 0.3) is 0 Å². The summed E-state index contributed by atoms with van der Waals surface area (Å²) in [5.41, 5.74) is 2.62. The maximum atomic E-state index is 9.81. The monoisotopic (exact) mass is 305 g/mol. The fourth-order valence-electron chi connectivity index (χ4n) is 3.46. The minimum atomic E-state index is -0.0223. The van der Waals surface area contributed by atoms with E-state index in [0.717, 1.165) is 57.8 Å². The molecule has 4 heteroatoms. The second-order valence-electron chi connectivity index (χ2n) is 6.58. The first kappa shape index (κ1) is 15.8. The summed E-state index contributed by atoms with van der Waals surface area (Å²) in [6.07, 6.45) is 3.92. The number of fused-ring (bicyclic) bond motifs is 1. The van der Waals surface area contributed by atoms with E-state index in [2.05, 4.69) is 30.4 Å². The molecule has 1 unspecified atom stereocenters. The van der Waals surface area contributed by atoms with Gasteiger partial charge < -0.3 is 19.9 Å². The highest BCUT2D eigenvalue weighted by Gasteiger charge is 2.32. The molecule has 122 valence electrons. The Kier molecular flexibility index (Phi) is 5.01. The van der Waals surface area contributed by atoms with Crippen LogP contribution in [0.15, 0.2) is 18.2 Å². The van der Waals surface area contributed by atoms with E-state index in [9.17, 15) is 5.11 Å². The van der Waals surface area contributed by atoms with Gasteiger partial charge in [0.05, 0.1) is 13.2 Å². The van der Waals surface area contributed by atoms with Crippen molar-refractivity contribution < 1.29 is 14.6 Å². The molecule has 1 aromatic carbocycles. The van der Waals surface area contributed by atoms with Crippen molar-refractivity contribution in [2.24, 2.45) is 5.41 Å². The van der Waals surface area contributed by atoms with Crippen LogP contribution in [-0.2, 0) is 11.2 Å². The van der Waals surface area contributed by atoms with Gasteiger partial charge in [0.1, 0.15) is 5.75 Å². The van der Waals surface area contributed by atoms with E-state index in [4.69, 9.17) is 9.47 Å². The molecule has 2 aliphatic rings. The Balaban J connectivity index is 1.66. The highest BCUT2D eigenvalue weighted by atomic mass is 16.5. The van der Waals surface area contributed by atoms with Crippen LogP contribution in [0.5, 0.6) is 5.75 Å². The normalized spacial score (nSPS) is 21.2. The Morgan fingerprint density at radius 2 is 2.09 bits per heavy atom. The van der Waals surface area contributed by atoms with Gasteiger partial charge in [-0.25, -0.2) is 0 Å². The zero-order valence-corrected chi connectivity index (χ0v) is 13.4. The minimum Gasteiger partial charge on any atom is -0.493 e. The maximum Gasteiger partial charge on any atom is 0.122 e. The summed E-state index contributed by atoms with van der Waals surface area (Å²) in [4.78, 5) is 0. The number of hydrogen-bond acceptors (Lipinski definition) is 4. The molecule has 1 aromatic rings. The fraction of sp³-hybridized carbons (Fsp3) is 0.667. The van der Waals surface area contributed by atoms with Crippen molar-refractivity contribution in [2.75, 3.05) is 33.0 Å². The first-order chi connectivity index (χ1) is 10.8. The standard InChI is InChI=1S/C18H27NO3/c1-2-16(14-3-4-17-15(11-14)5-8-22-17)19-12-18(13-20)6-9-21-10-7-18/h3-4,11,16,19-20H,2,5-10,12-13H2,1H3. The average molecular weight is 305 g/mol. The van der Waals surface area contributed by atoms with E-state index in [1.807, 2.05) is 0 Å². The van der Waals surface area contributed by atoms with Crippen LogP contribution in [0.2, 0.25) is 0 Å². The van der Waals surface area contributed by atoms with Crippen molar-refractivity contribution in [1.29, 1.82) is 0 Å². The summed E-state index contributed by atoms with van der Waals surface area (Å²) in [6.45, 7) is 5.61. The van der Waals surface area contributed by atoms with Crippen LogP contribution in [0.1, 0.15) is 43.4 Å². The van der Waals surface area contributed by atoms with E-state index in [1.54, 1.807) is 0 Å². The van der Waals surface area contributed by atoms with Crippen LogP contribution in [0.3, 0.4) is 0 Å². The molecule has 2 N–H and O–H groups in total. The van der Waals surface area contributed by atoms with Gasteiger partial charge in [0.15, 0.2) is 0 Å². The topological polar surface area (TPSA) is 50.7 Å². The zero-order chi connectivity index (χ0) is 15.4. The molecule has 4 nitrogen and oxygen atoms in total. The van der Waals surface area contributed by atoms with Gasteiger partial charge in [-0.05, 0) is 36.5 Å². The van der Waals surface area contributed by atoms with Crippen LogP contribution in [-0.4, -0.2) is 38.1 Å². The Hall–Kier alpha value is -1.10. The Labute approximate surface area is 132 Å². The quantitative estimate of drug-likeness (QED) is 0.847. The summed E-state index contributed by atoms with van der Waals surface area (Å²) < 4.78 is 11.0. The second-order valence-corrected chi connectivity index (χ2v) is 6.58. The molecule has 1 atom stereocenters. The van der Waals surface area contributed by atoms with Crippen molar-refractivity contribution in [3.8, 4) is 5.75 Å². The van der Waals surface area contributed by atoms with Crippen LogP contribution in [0.25, 0.3) is 0 Å². The van der Waals surface area contributed by atoms with E-state index in [-0.39, 0.29) is 12.0 Å². The first-order valence-electron chi connectivity index (χ1n) is 8.44. The predicted molar refractivity (Wildman–Crippen MR) is 86.2 cm³/mol. The lowest BCUT2D eigenvalue weighted by Gasteiger charge is -2.37. The summed E-state index contributed by atoms with van der Waals surface area (Å²) in [5.74, 6) is 1.04. The molecular weight excluding hydrogens is 278 g/mol. The van der Waals surface area contributed by atoms with Gasteiger partial charge >= 0.3 is 0 Å². The maximum absolute atomic E-state index is 9.81. The summed E-state index contributed by atoms with van der Waals surface area (Å²) in [6, 6.07) is 6.87. The van der Waals surface area contributed by atoms with Gasteiger partial charge in [0, 0.05) is 37.6 Å². The number of aliphatic hydroxyl groups is 1. The summed E-state index contributed by atoms with van der Waals surface area (Å²) in [5, 5.41) is 13.5. The minimum absolute atomic E-state index is 0.0223. The second kappa shape index (κ2) is 6.99. The van der Waals surface area contributed by atoms with Crippen molar-refractivity contribution in [1.82, 2.24) is 5.32 Å². The lowest BCUT2D eigenvalue weighted by molar-refractivity contribution is -0.0166. The van der Waals surface area contributed by atoms with Gasteiger partial charge in [-0.1, -0.05) is 19.1 Å². The Morgan fingerprint density at radius 1 is 1.27 bits per heavy atom. The van der Waals surface area contributed by atoms with Crippen molar-refractivity contribution in [3.63, 3.8) is 0 Å². The summed E-state index contributed by atoms with van der Waals surface area (Å²) >= 11 is 0. The molecule has 2 heterocycles. The lowest BCUT2D eigenvalue weighted by Crippen LogP contribution is -2.42. The van der Waals surface area contributed by atoms with Crippen LogP contribution < -0.4 is 10.1 Å². The number of aliphatic hydroxyl groups excluding tert-OH is 1. The number of hydrogen-bond donors (Lipinski definition) is 2. The third kappa shape index (κ3) is 3.29. The molecule has 1 fully saturated rings. The molecule has 0 amide bonds. The van der Waals surface area contributed by atoms with Crippen molar-refractivity contribution in [2.45, 2.75) is 38.6 Å². The van der Waals surface area contributed by atoms with E-state index in [0.29, 0.717) is 6.04 Å². The molecular formula is C18H27NO3. The summed E-state index contributed by atoms with van der Waals surface area (Å²) in [7, 11) is 0. The molecule has 0 aliphatic carbocycles. The number of ether oxygens (including phenoxy) is 2. The van der Waals surface area contributed by atoms with Gasteiger partial charge in [-0.15, -0.1) is 0 Å². The highest BCUT2D eigenvalue weighted by Crippen LogP contribution is 2.32. The fourth-order valence-corrected chi connectivity index (χ4v) is 3.46. The van der Waals surface area contributed by atoms with Gasteiger partial charge in [0.2, 0.25) is 0 Å². The van der Waals surface area contributed by atoms with E-state index in [1.165, 1.54) is 11.1 Å². The van der Waals surface area contributed by atoms with Crippen LogP contribution in [0, 0.1) is 5.41 Å². The van der Waals surface area contributed by atoms with Crippen molar-refractivity contribution >= 4 is 0 Å². The molecule has 0 radical (unpaired) electrons. The lowest BCUT2D eigenvalue weighted by atomic mass is 9.80. The zero-order valence-electron chi connectivity index (χ0n) is 13.4. The number of nitrogens with one attached hydrogen (secondary N) is 1. The van der Waals surface area contributed by atoms with Crippen LogP contribution >= 0.6 is 0 Å². The first-order valence-corrected chi connectivity index (χ1v) is 8.44.